The highest BCUT2D eigenvalue weighted by Gasteiger charge is 2.29. The maximum absolute atomic E-state index is 11.3. The smallest absolute Gasteiger partial charge is 0.220 e. The molecule has 0 saturated carbocycles. The molecule has 5 nitrogen and oxygen atoms in total. The number of hydrogen-bond acceptors (Lipinski definition) is 4. The Kier molecular flexibility index (Phi) is 5.07. The van der Waals surface area contributed by atoms with Gasteiger partial charge in [-0.15, -0.1) is 0 Å². The summed E-state index contributed by atoms with van der Waals surface area (Å²) in [7, 11) is 0. The molecule has 1 saturated heterocycles. The standard InChI is InChI=1S/C17H24ClN3O2/c1-10(2)9-23-17-16-11(7-14(18)21-17)3-5-13(16)19-8-12-4-6-15(22)20-12/h7,10,12-13,19H,3-6,8-9H2,1-2H3,(H,20,22)/t12-,13?/m0/s1. The maximum Gasteiger partial charge on any atom is 0.220 e. The predicted molar refractivity (Wildman–Crippen MR) is 89.8 cm³/mol. The van der Waals surface area contributed by atoms with E-state index in [0.29, 0.717) is 30.0 Å². The summed E-state index contributed by atoms with van der Waals surface area (Å²) in [6, 6.07) is 2.39. The lowest BCUT2D eigenvalue weighted by molar-refractivity contribution is -0.119. The summed E-state index contributed by atoms with van der Waals surface area (Å²) < 4.78 is 5.90. The van der Waals surface area contributed by atoms with Gasteiger partial charge in [-0.1, -0.05) is 25.4 Å². The molecule has 2 N–H and O–H groups in total. The number of carbonyl (C=O) groups excluding carboxylic acids is 1. The van der Waals surface area contributed by atoms with Crippen LogP contribution in [0, 0.1) is 5.92 Å². The Morgan fingerprint density at radius 2 is 2.26 bits per heavy atom. The van der Waals surface area contributed by atoms with Gasteiger partial charge in [0.25, 0.3) is 0 Å². The number of aryl methyl sites for hydroxylation is 1. The van der Waals surface area contributed by atoms with E-state index in [1.807, 2.05) is 6.07 Å². The third-order valence-electron chi connectivity index (χ3n) is 4.38. The first kappa shape index (κ1) is 16.5. The highest BCUT2D eigenvalue weighted by molar-refractivity contribution is 6.29. The molecule has 2 aliphatic rings. The van der Waals surface area contributed by atoms with Crippen molar-refractivity contribution in [3.8, 4) is 5.88 Å². The van der Waals surface area contributed by atoms with Gasteiger partial charge in [-0.2, -0.15) is 0 Å². The molecule has 1 aromatic heterocycles. The highest BCUT2D eigenvalue weighted by Crippen LogP contribution is 2.38. The summed E-state index contributed by atoms with van der Waals surface area (Å²) in [6.07, 6.45) is 3.52. The topological polar surface area (TPSA) is 63.2 Å². The molecule has 3 rings (SSSR count). The zero-order chi connectivity index (χ0) is 16.4. The van der Waals surface area contributed by atoms with E-state index in [-0.39, 0.29) is 18.0 Å². The molecule has 0 aromatic carbocycles. The van der Waals surface area contributed by atoms with Crippen LogP contribution < -0.4 is 15.4 Å². The second-order valence-corrected chi connectivity index (χ2v) is 7.22. The van der Waals surface area contributed by atoms with E-state index in [9.17, 15) is 4.79 Å². The van der Waals surface area contributed by atoms with Gasteiger partial charge in [0, 0.05) is 30.6 Å². The average molecular weight is 338 g/mol. The Morgan fingerprint density at radius 1 is 1.43 bits per heavy atom. The average Bonchev–Trinajstić information content (AvgIpc) is 3.08. The molecule has 1 unspecified atom stereocenters. The summed E-state index contributed by atoms with van der Waals surface area (Å²) in [5, 5.41) is 7.06. The summed E-state index contributed by atoms with van der Waals surface area (Å²) >= 11 is 6.13. The molecule has 0 bridgehead atoms. The molecule has 23 heavy (non-hydrogen) atoms. The van der Waals surface area contributed by atoms with E-state index in [0.717, 1.165) is 31.4 Å². The second kappa shape index (κ2) is 7.05. The van der Waals surface area contributed by atoms with Crippen LogP contribution in [0.5, 0.6) is 5.88 Å². The Balaban J connectivity index is 1.70. The zero-order valence-electron chi connectivity index (χ0n) is 13.7. The number of halogens is 1. The van der Waals surface area contributed by atoms with Crippen LogP contribution >= 0.6 is 11.6 Å². The number of aromatic nitrogens is 1. The summed E-state index contributed by atoms with van der Waals surface area (Å²) in [5.41, 5.74) is 2.36. The number of rotatable bonds is 6. The molecule has 1 aliphatic heterocycles. The van der Waals surface area contributed by atoms with Crippen molar-refractivity contribution >= 4 is 17.5 Å². The molecule has 6 heteroatoms. The predicted octanol–water partition coefficient (Wildman–Crippen LogP) is 2.63. The quantitative estimate of drug-likeness (QED) is 0.783. The van der Waals surface area contributed by atoms with Crippen LogP contribution in [-0.2, 0) is 11.2 Å². The van der Waals surface area contributed by atoms with Gasteiger partial charge < -0.3 is 15.4 Å². The van der Waals surface area contributed by atoms with Crippen LogP contribution in [0.4, 0.5) is 0 Å². The van der Waals surface area contributed by atoms with E-state index in [1.54, 1.807) is 0 Å². The van der Waals surface area contributed by atoms with Gasteiger partial charge in [-0.25, -0.2) is 4.98 Å². The monoisotopic (exact) mass is 337 g/mol. The fraction of sp³-hybridized carbons (Fsp3) is 0.647. The number of pyridine rings is 1. The lowest BCUT2D eigenvalue weighted by atomic mass is 10.1. The Morgan fingerprint density at radius 3 is 2.96 bits per heavy atom. The van der Waals surface area contributed by atoms with Gasteiger partial charge in [-0.05, 0) is 36.8 Å². The Labute approximate surface area is 142 Å². The molecule has 2 heterocycles. The number of nitrogens with one attached hydrogen (secondary N) is 2. The molecule has 2 atom stereocenters. The molecular weight excluding hydrogens is 314 g/mol. The summed E-state index contributed by atoms with van der Waals surface area (Å²) in [6.45, 7) is 5.64. The second-order valence-electron chi connectivity index (χ2n) is 6.83. The third-order valence-corrected chi connectivity index (χ3v) is 4.57. The minimum absolute atomic E-state index is 0.151. The van der Waals surface area contributed by atoms with Crippen LogP contribution in [0.25, 0.3) is 0 Å². The van der Waals surface area contributed by atoms with E-state index < -0.39 is 0 Å². The first-order chi connectivity index (χ1) is 11.0. The van der Waals surface area contributed by atoms with Gasteiger partial charge in [0.1, 0.15) is 5.15 Å². The lowest BCUT2D eigenvalue weighted by Gasteiger charge is -2.20. The van der Waals surface area contributed by atoms with Gasteiger partial charge in [0.2, 0.25) is 11.8 Å². The fourth-order valence-electron chi connectivity index (χ4n) is 3.25. The van der Waals surface area contributed by atoms with Crippen molar-refractivity contribution in [2.24, 2.45) is 5.92 Å². The minimum Gasteiger partial charge on any atom is -0.477 e. The molecule has 0 spiro atoms. The van der Waals surface area contributed by atoms with E-state index in [2.05, 4.69) is 29.5 Å². The van der Waals surface area contributed by atoms with Crippen molar-refractivity contribution < 1.29 is 9.53 Å². The maximum atomic E-state index is 11.3. The number of ether oxygens (including phenoxy) is 1. The molecule has 1 aromatic rings. The molecule has 1 amide bonds. The minimum atomic E-state index is 0.151. The number of amides is 1. The molecule has 126 valence electrons. The van der Waals surface area contributed by atoms with Crippen LogP contribution in [0.2, 0.25) is 5.15 Å². The highest BCUT2D eigenvalue weighted by atomic mass is 35.5. The number of carbonyl (C=O) groups is 1. The van der Waals surface area contributed by atoms with Gasteiger partial charge in [0.05, 0.1) is 6.61 Å². The van der Waals surface area contributed by atoms with E-state index in [1.165, 1.54) is 5.56 Å². The summed E-state index contributed by atoms with van der Waals surface area (Å²) in [5.74, 6) is 1.25. The van der Waals surface area contributed by atoms with Crippen molar-refractivity contribution in [2.75, 3.05) is 13.2 Å². The van der Waals surface area contributed by atoms with Crippen LogP contribution in [0.15, 0.2) is 6.07 Å². The molecule has 1 aliphatic carbocycles. The van der Waals surface area contributed by atoms with Crippen LogP contribution in [0.1, 0.15) is 50.3 Å². The lowest BCUT2D eigenvalue weighted by Crippen LogP contribution is -2.37. The fourth-order valence-corrected chi connectivity index (χ4v) is 3.46. The van der Waals surface area contributed by atoms with Gasteiger partial charge in [0.15, 0.2) is 0 Å². The molecule has 1 fully saturated rings. The normalized spacial score (nSPS) is 23.2. The van der Waals surface area contributed by atoms with E-state index in [4.69, 9.17) is 16.3 Å². The van der Waals surface area contributed by atoms with Crippen molar-refractivity contribution in [1.82, 2.24) is 15.6 Å². The molecule has 0 radical (unpaired) electrons. The summed E-state index contributed by atoms with van der Waals surface area (Å²) in [4.78, 5) is 15.7. The largest absolute Gasteiger partial charge is 0.477 e. The first-order valence-corrected chi connectivity index (χ1v) is 8.75. The number of nitrogens with zero attached hydrogens (tertiary/aromatic N) is 1. The molecular formula is C17H24ClN3O2. The van der Waals surface area contributed by atoms with Crippen molar-refractivity contribution in [2.45, 2.75) is 51.6 Å². The zero-order valence-corrected chi connectivity index (χ0v) is 14.4. The number of hydrogen-bond donors (Lipinski definition) is 2. The first-order valence-electron chi connectivity index (χ1n) is 8.37. The Bertz CT molecular complexity index is 591. The van der Waals surface area contributed by atoms with Crippen LogP contribution in [0.3, 0.4) is 0 Å². The number of fused-ring (bicyclic) bond motifs is 1. The van der Waals surface area contributed by atoms with Crippen molar-refractivity contribution in [3.05, 3.63) is 22.3 Å². The van der Waals surface area contributed by atoms with Crippen LogP contribution in [-0.4, -0.2) is 30.1 Å². The Hall–Kier alpha value is -1.33. The van der Waals surface area contributed by atoms with Gasteiger partial charge >= 0.3 is 0 Å². The SMILES string of the molecule is CC(C)COc1nc(Cl)cc2c1C(NC[C@@H]1CCC(=O)N1)CC2. The van der Waals surface area contributed by atoms with Gasteiger partial charge in [-0.3, -0.25) is 4.79 Å². The van der Waals surface area contributed by atoms with Crippen molar-refractivity contribution in [3.63, 3.8) is 0 Å². The third kappa shape index (κ3) is 3.96. The van der Waals surface area contributed by atoms with E-state index >= 15 is 0 Å². The van der Waals surface area contributed by atoms with Crippen molar-refractivity contribution in [1.29, 1.82) is 0 Å².